The number of amides is 1. The summed E-state index contributed by atoms with van der Waals surface area (Å²) in [5, 5.41) is 0. The standard InChI is InChI=1S/C31H38N8O2/c1-4-24-19-26(20-32-22(24)2)27-28-29(35-31(34-27)38-15-17-41-18-16-38)39(21-33-28)10-9-23-5-7-25(8-6-23)30(40)37-13-11-36(3)12-14-37/h5-8,19-21H,4,9-18H2,1-3H3. The van der Waals surface area contributed by atoms with E-state index >= 15 is 0 Å². The highest BCUT2D eigenvalue weighted by molar-refractivity contribution is 5.94. The van der Waals surface area contributed by atoms with Crippen molar-refractivity contribution < 1.29 is 9.53 Å². The van der Waals surface area contributed by atoms with Crippen LogP contribution in [0.3, 0.4) is 0 Å². The molecule has 41 heavy (non-hydrogen) atoms. The first kappa shape index (κ1) is 27.3. The molecule has 0 bridgehead atoms. The molecule has 0 N–H and O–H groups in total. The van der Waals surface area contributed by atoms with Crippen LogP contribution in [0.1, 0.15) is 34.1 Å². The molecule has 2 aliphatic heterocycles. The van der Waals surface area contributed by atoms with Crippen molar-refractivity contribution in [2.45, 2.75) is 33.2 Å². The highest BCUT2D eigenvalue weighted by atomic mass is 16.5. The SMILES string of the molecule is CCc1cc(-c2nc(N3CCOCC3)nc3c2ncn3CCc2ccc(C(=O)N3CCN(C)CC3)cc2)cnc1C. The van der Waals surface area contributed by atoms with Gasteiger partial charge in [0.25, 0.3) is 5.91 Å². The first-order valence-electron chi connectivity index (χ1n) is 14.6. The Morgan fingerprint density at radius 3 is 2.46 bits per heavy atom. The Morgan fingerprint density at radius 2 is 1.73 bits per heavy atom. The number of imidazole rings is 1. The highest BCUT2D eigenvalue weighted by Crippen LogP contribution is 2.29. The van der Waals surface area contributed by atoms with Crippen molar-refractivity contribution in [2.24, 2.45) is 0 Å². The summed E-state index contributed by atoms with van der Waals surface area (Å²) in [7, 11) is 2.10. The van der Waals surface area contributed by atoms with Gasteiger partial charge in [-0.3, -0.25) is 9.78 Å². The minimum atomic E-state index is 0.113. The number of carbonyl (C=O) groups excluding carboxylic acids is 1. The zero-order valence-corrected chi connectivity index (χ0v) is 24.2. The van der Waals surface area contributed by atoms with Gasteiger partial charge in [-0.2, -0.15) is 4.98 Å². The van der Waals surface area contributed by atoms with Crippen molar-refractivity contribution in [3.8, 4) is 11.3 Å². The average Bonchev–Trinajstić information content (AvgIpc) is 3.43. The topological polar surface area (TPSA) is 92.5 Å². The Balaban J connectivity index is 1.25. The number of carbonyl (C=O) groups is 1. The zero-order chi connectivity index (χ0) is 28.3. The maximum atomic E-state index is 12.9. The fourth-order valence-corrected chi connectivity index (χ4v) is 5.52. The summed E-state index contributed by atoms with van der Waals surface area (Å²) in [5.41, 5.74) is 7.52. The number of morpholine rings is 1. The fraction of sp³-hybridized carbons (Fsp3) is 0.452. The van der Waals surface area contributed by atoms with Gasteiger partial charge in [-0.25, -0.2) is 9.97 Å². The molecule has 0 atom stereocenters. The fourth-order valence-electron chi connectivity index (χ4n) is 5.52. The van der Waals surface area contributed by atoms with Crippen LogP contribution in [0.5, 0.6) is 0 Å². The van der Waals surface area contributed by atoms with Gasteiger partial charge in [0.2, 0.25) is 5.95 Å². The maximum absolute atomic E-state index is 12.9. The molecule has 0 radical (unpaired) electrons. The quantitative estimate of drug-likeness (QED) is 0.344. The number of nitrogens with zero attached hydrogens (tertiary/aromatic N) is 8. The number of benzene rings is 1. The van der Waals surface area contributed by atoms with Crippen LogP contribution in [0.25, 0.3) is 22.4 Å². The predicted octanol–water partition coefficient (Wildman–Crippen LogP) is 3.23. The van der Waals surface area contributed by atoms with E-state index in [9.17, 15) is 4.79 Å². The van der Waals surface area contributed by atoms with E-state index in [1.165, 1.54) is 11.1 Å². The predicted molar refractivity (Wildman–Crippen MR) is 159 cm³/mol. The van der Waals surface area contributed by atoms with Gasteiger partial charge in [-0.05, 0) is 56.1 Å². The average molecular weight is 555 g/mol. The molecule has 4 aromatic rings. The normalized spacial score (nSPS) is 16.5. The second-order valence-corrected chi connectivity index (χ2v) is 10.9. The molecule has 2 saturated heterocycles. The molecule has 214 valence electrons. The number of aryl methyl sites for hydroxylation is 4. The minimum absolute atomic E-state index is 0.113. The number of rotatable bonds is 7. The third-order valence-electron chi connectivity index (χ3n) is 8.22. The summed E-state index contributed by atoms with van der Waals surface area (Å²) in [6.45, 7) is 11.1. The molecule has 1 aromatic carbocycles. The summed E-state index contributed by atoms with van der Waals surface area (Å²) in [6, 6.07) is 10.2. The van der Waals surface area contributed by atoms with Crippen LogP contribution in [0.15, 0.2) is 42.9 Å². The molecule has 5 heterocycles. The van der Waals surface area contributed by atoms with Crippen molar-refractivity contribution in [3.05, 3.63) is 65.2 Å². The highest BCUT2D eigenvalue weighted by Gasteiger charge is 2.22. The first-order chi connectivity index (χ1) is 20.0. The molecule has 1 amide bonds. The molecule has 10 nitrogen and oxygen atoms in total. The van der Waals surface area contributed by atoms with E-state index < -0.39 is 0 Å². The summed E-state index contributed by atoms with van der Waals surface area (Å²) >= 11 is 0. The van der Waals surface area contributed by atoms with Gasteiger partial charge in [0.1, 0.15) is 11.2 Å². The summed E-state index contributed by atoms with van der Waals surface area (Å²) in [5.74, 6) is 0.810. The van der Waals surface area contributed by atoms with Crippen LogP contribution in [0, 0.1) is 6.92 Å². The van der Waals surface area contributed by atoms with Crippen molar-refractivity contribution in [1.82, 2.24) is 34.3 Å². The molecule has 10 heteroatoms. The molecular weight excluding hydrogens is 516 g/mol. The lowest BCUT2D eigenvalue weighted by Crippen LogP contribution is -2.47. The van der Waals surface area contributed by atoms with E-state index in [1.54, 1.807) is 0 Å². The van der Waals surface area contributed by atoms with E-state index in [1.807, 2.05) is 36.5 Å². The Morgan fingerprint density at radius 1 is 0.976 bits per heavy atom. The lowest BCUT2D eigenvalue weighted by atomic mass is 10.1. The number of hydrogen-bond donors (Lipinski definition) is 0. The number of aromatic nitrogens is 5. The second-order valence-electron chi connectivity index (χ2n) is 10.9. The molecule has 2 fully saturated rings. The number of likely N-dealkylation sites (N-methyl/N-ethyl adjacent to an activating group) is 1. The maximum Gasteiger partial charge on any atom is 0.253 e. The number of ether oxygens (including phenoxy) is 1. The van der Waals surface area contributed by atoms with Crippen LogP contribution < -0.4 is 4.90 Å². The van der Waals surface area contributed by atoms with E-state index in [2.05, 4.69) is 51.5 Å². The van der Waals surface area contributed by atoms with E-state index in [-0.39, 0.29) is 5.91 Å². The van der Waals surface area contributed by atoms with E-state index in [0.717, 1.165) is 85.8 Å². The molecule has 0 aliphatic carbocycles. The lowest BCUT2D eigenvalue weighted by Gasteiger charge is -2.32. The van der Waals surface area contributed by atoms with Crippen molar-refractivity contribution >= 4 is 23.0 Å². The number of piperazine rings is 1. The van der Waals surface area contributed by atoms with Gasteiger partial charge in [-0.15, -0.1) is 0 Å². The Labute approximate surface area is 241 Å². The number of fused-ring (bicyclic) bond motifs is 1. The van der Waals surface area contributed by atoms with Gasteiger partial charge in [0, 0.05) is 68.8 Å². The smallest absolute Gasteiger partial charge is 0.253 e. The molecule has 6 rings (SSSR count). The number of pyridine rings is 1. The van der Waals surface area contributed by atoms with Crippen LogP contribution in [0.4, 0.5) is 5.95 Å². The molecule has 0 unspecified atom stereocenters. The lowest BCUT2D eigenvalue weighted by molar-refractivity contribution is 0.0664. The van der Waals surface area contributed by atoms with Crippen molar-refractivity contribution in [3.63, 3.8) is 0 Å². The molecule has 2 aliphatic rings. The molecular formula is C31H38N8O2. The Bertz CT molecular complexity index is 1520. The minimum Gasteiger partial charge on any atom is -0.378 e. The van der Waals surface area contributed by atoms with E-state index in [0.29, 0.717) is 25.7 Å². The van der Waals surface area contributed by atoms with Crippen LogP contribution >= 0.6 is 0 Å². The first-order valence-corrected chi connectivity index (χ1v) is 14.6. The second kappa shape index (κ2) is 11.9. The third-order valence-corrected chi connectivity index (χ3v) is 8.22. The monoisotopic (exact) mass is 554 g/mol. The van der Waals surface area contributed by atoms with Gasteiger partial charge in [0.15, 0.2) is 5.65 Å². The largest absolute Gasteiger partial charge is 0.378 e. The molecule has 3 aromatic heterocycles. The van der Waals surface area contributed by atoms with Gasteiger partial charge < -0.3 is 24.0 Å². The van der Waals surface area contributed by atoms with E-state index in [4.69, 9.17) is 19.7 Å². The third kappa shape index (κ3) is 5.80. The molecule has 0 spiro atoms. The number of hydrogen-bond acceptors (Lipinski definition) is 8. The Hall–Kier alpha value is -3.89. The Kier molecular flexibility index (Phi) is 7.93. The van der Waals surface area contributed by atoms with Gasteiger partial charge in [0.05, 0.1) is 19.5 Å². The summed E-state index contributed by atoms with van der Waals surface area (Å²) in [6.07, 6.45) is 5.46. The summed E-state index contributed by atoms with van der Waals surface area (Å²) < 4.78 is 7.68. The zero-order valence-electron chi connectivity index (χ0n) is 24.2. The van der Waals surface area contributed by atoms with Gasteiger partial charge in [-0.1, -0.05) is 19.1 Å². The molecule has 0 saturated carbocycles. The van der Waals surface area contributed by atoms with Crippen LogP contribution in [-0.2, 0) is 24.1 Å². The van der Waals surface area contributed by atoms with Crippen molar-refractivity contribution in [1.29, 1.82) is 0 Å². The van der Waals surface area contributed by atoms with Crippen LogP contribution in [0.2, 0.25) is 0 Å². The van der Waals surface area contributed by atoms with Gasteiger partial charge >= 0.3 is 0 Å². The summed E-state index contributed by atoms with van der Waals surface area (Å²) in [4.78, 5) is 38.8. The van der Waals surface area contributed by atoms with Crippen LogP contribution in [-0.4, -0.2) is 99.7 Å². The number of anilines is 1. The van der Waals surface area contributed by atoms with Crippen molar-refractivity contribution in [2.75, 3.05) is 64.4 Å².